The molecular weight excluding hydrogens is 269 g/mol. The standard InChI is InChI=1S/C14H17ClFNO2/c15-14-11(4-1-5-12(14)16)9-17-6-2-3-10(8-17)7-13(18)19/h1,4-5,10H,2-3,6-9H2,(H,18,19). The maximum atomic E-state index is 13.4. The molecule has 0 spiro atoms. The van der Waals surface area contributed by atoms with Crippen molar-refractivity contribution in [1.29, 1.82) is 0 Å². The highest BCUT2D eigenvalue weighted by molar-refractivity contribution is 6.31. The zero-order chi connectivity index (χ0) is 13.8. The van der Waals surface area contributed by atoms with Gasteiger partial charge in [0, 0.05) is 19.5 Å². The van der Waals surface area contributed by atoms with E-state index < -0.39 is 11.8 Å². The number of carboxylic acid groups (broad SMARTS) is 1. The lowest BCUT2D eigenvalue weighted by molar-refractivity contribution is -0.138. The Morgan fingerprint density at radius 2 is 2.32 bits per heavy atom. The molecule has 0 aliphatic carbocycles. The van der Waals surface area contributed by atoms with Crippen molar-refractivity contribution in [2.45, 2.75) is 25.8 Å². The molecule has 1 aliphatic heterocycles. The summed E-state index contributed by atoms with van der Waals surface area (Å²) in [5, 5.41) is 9.00. The maximum Gasteiger partial charge on any atom is 0.303 e. The second-order valence-corrected chi connectivity index (χ2v) is 5.43. The number of likely N-dealkylation sites (tertiary alicyclic amines) is 1. The minimum atomic E-state index is -0.754. The van der Waals surface area contributed by atoms with E-state index in [1.54, 1.807) is 6.07 Å². The fourth-order valence-corrected chi connectivity index (χ4v) is 2.81. The van der Waals surface area contributed by atoms with E-state index in [0.717, 1.165) is 31.5 Å². The summed E-state index contributed by atoms with van der Waals surface area (Å²) in [6, 6.07) is 4.80. The minimum Gasteiger partial charge on any atom is -0.481 e. The zero-order valence-corrected chi connectivity index (χ0v) is 11.4. The number of aliphatic carboxylic acids is 1. The van der Waals surface area contributed by atoms with Crippen LogP contribution in [0.15, 0.2) is 18.2 Å². The van der Waals surface area contributed by atoms with Crippen molar-refractivity contribution in [2.24, 2.45) is 5.92 Å². The highest BCUT2D eigenvalue weighted by Crippen LogP contribution is 2.25. The summed E-state index contributed by atoms with van der Waals surface area (Å²) in [5.41, 5.74) is 0.762. The Morgan fingerprint density at radius 1 is 1.53 bits per heavy atom. The first kappa shape index (κ1) is 14.3. The number of carbonyl (C=O) groups is 1. The van der Waals surface area contributed by atoms with E-state index in [-0.39, 0.29) is 17.4 Å². The lowest BCUT2D eigenvalue weighted by Crippen LogP contribution is -2.35. The second kappa shape index (κ2) is 6.35. The Labute approximate surface area is 117 Å². The van der Waals surface area contributed by atoms with Crippen molar-refractivity contribution in [3.05, 3.63) is 34.6 Å². The number of hydrogen-bond acceptors (Lipinski definition) is 2. The molecule has 1 N–H and O–H groups in total. The largest absolute Gasteiger partial charge is 0.481 e. The predicted octanol–water partition coefficient (Wildman–Crippen LogP) is 3.17. The summed E-state index contributed by atoms with van der Waals surface area (Å²) in [6.07, 6.45) is 2.12. The topological polar surface area (TPSA) is 40.5 Å². The van der Waals surface area contributed by atoms with Gasteiger partial charge in [0.2, 0.25) is 0 Å². The number of benzene rings is 1. The molecule has 0 aromatic heterocycles. The summed E-state index contributed by atoms with van der Waals surface area (Å²) in [5.74, 6) is -0.979. The maximum absolute atomic E-state index is 13.4. The smallest absolute Gasteiger partial charge is 0.303 e. The highest BCUT2D eigenvalue weighted by Gasteiger charge is 2.22. The van der Waals surface area contributed by atoms with E-state index in [2.05, 4.69) is 4.90 Å². The molecule has 0 amide bonds. The fraction of sp³-hybridized carbons (Fsp3) is 0.500. The van der Waals surface area contributed by atoms with Gasteiger partial charge in [0.15, 0.2) is 0 Å². The lowest BCUT2D eigenvalue weighted by Gasteiger charge is -2.32. The van der Waals surface area contributed by atoms with Gasteiger partial charge in [-0.3, -0.25) is 9.69 Å². The van der Waals surface area contributed by atoms with Crippen LogP contribution >= 0.6 is 11.6 Å². The Balaban J connectivity index is 1.98. The van der Waals surface area contributed by atoms with E-state index >= 15 is 0 Å². The summed E-state index contributed by atoms with van der Waals surface area (Å²) >= 11 is 5.94. The van der Waals surface area contributed by atoms with Gasteiger partial charge in [-0.25, -0.2) is 4.39 Å². The van der Waals surface area contributed by atoms with E-state index in [1.807, 2.05) is 6.07 Å². The predicted molar refractivity (Wildman–Crippen MR) is 71.7 cm³/mol. The number of carboxylic acids is 1. The summed E-state index contributed by atoms with van der Waals surface area (Å²) in [4.78, 5) is 12.9. The van der Waals surface area contributed by atoms with Crippen LogP contribution in [0.5, 0.6) is 0 Å². The monoisotopic (exact) mass is 285 g/mol. The third-order valence-corrected chi connectivity index (χ3v) is 3.92. The third kappa shape index (κ3) is 3.91. The molecule has 0 saturated carbocycles. The molecule has 1 fully saturated rings. The SMILES string of the molecule is O=C(O)CC1CCCN(Cc2cccc(F)c2Cl)C1. The van der Waals surface area contributed by atoms with Crippen molar-refractivity contribution in [1.82, 2.24) is 4.90 Å². The normalized spacial score (nSPS) is 20.4. The first-order chi connectivity index (χ1) is 9.06. The van der Waals surface area contributed by atoms with Crippen LogP contribution in [0.1, 0.15) is 24.8 Å². The zero-order valence-electron chi connectivity index (χ0n) is 10.6. The van der Waals surface area contributed by atoms with Gasteiger partial charge in [-0.2, -0.15) is 0 Å². The Bertz CT molecular complexity index is 467. The quantitative estimate of drug-likeness (QED) is 0.924. The van der Waals surface area contributed by atoms with Crippen LogP contribution < -0.4 is 0 Å². The van der Waals surface area contributed by atoms with Gasteiger partial charge in [-0.1, -0.05) is 23.7 Å². The van der Waals surface area contributed by atoms with Gasteiger partial charge >= 0.3 is 5.97 Å². The number of nitrogens with zero attached hydrogens (tertiary/aromatic N) is 1. The molecule has 1 aromatic carbocycles. The number of piperidine rings is 1. The van der Waals surface area contributed by atoms with E-state index in [4.69, 9.17) is 16.7 Å². The van der Waals surface area contributed by atoms with Crippen molar-refractivity contribution in [3.8, 4) is 0 Å². The summed E-state index contributed by atoms with van der Waals surface area (Å²) in [7, 11) is 0. The molecule has 3 nitrogen and oxygen atoms in total. The average Bonchev–Trinajstić information content (AvgIpc) is 2.35. The summed E-state index contributed by atoms with van der Waals surface area (Å²) in [6.45, 7) is 2.22. The lowest BCUT2D eigenvalue weighted by atomic mass is 9.94. The number of rotatable bonds is 4. The van der Waals surface area contributed by atoms with Gasteiger partial charge in [-0.05, 0) is 36.9 Å². The van der Waals surface area contributed by atoms with Crippen molar-refractivity contribution >= 4 is 17.6 Å². The Hall–Kier alpha value is -1.13. The average molecular weight is 286 g/mol. The van der Waals surface area contributed by atoms with Crippen molar-refractivity contribution < 1.29 is 14.3 Å². The third-order valence-electron chi connectivity index (χ3n) is 3.49. The van der Waals surface area contributed by atoms with Gasteiger partial charge < -0.3 is 5.11 Å². The molecule has 1 atom stereocenters. The van der Waals surface area contributed by atoms with E-state index in [9.17, 15) is 9.18 Å². The Kier molecular flexibility index (Phi) is 4.77. The van der Waals surface area contributed by atoms with Crippen LogP contribution in [0.2, 0.25) is 5.02 Å². The van der Waals surface area contributed by atoms with Crippen LogP contribution in [0.4, 0.5) is 4.39 Å². The molecule has 19 heavy (non-hydrogen) atoms. The molecule has 1 aromatic rings. The second-order valence-electron chi connectivity index (χ2n) is 5.05. The Morgan fingerprint density at radius 3 is 3.05 bits per heavy atom. The van der Waals surface area contributed by atoms with Crippen molar-refractivity contribution in [3.63, 3.8) is 0 Å². The first-order valence-electron chi connectivity index (χ1n) is 6.43. The van der Waals surface area contributed by atoms with E-state index in [0.29, 0.717) is 6.54 Å². The minimum absolute atomic E-state index is 0.169. The summed E-state index contributed by atoms with van der Waals surface area (Å²) < 4.78 is 13.4. The van der Waals surface area contributed by atoms with Crippen LogP contribution in [-0.2, 0) is 11.3 Å². The van der Waals surface area contributed by atoms with Gasteiger partial charge in [0.05, 0.1) is 5.02 Å². The molecule has 1 aliphatic rings. The molecule has 1 heterocycles. The molecule has 0 radical (unpaired) electrons. The van der Waals surface area contributed by atoms with Gasteiger partial charge in [0.1, 0.15) is 5.82 Å². The highest BCUT2D eigenvalue weighted by atomic mass is 35.5. The molecule has 5 heteroatoms. The number of halogens is 2. The number of hydrogen-bond donors (Lipinski definition) is 1. The molecule has 0 bridgehead atoms. The van der Waals surface area contributed by atoms with Crippen molar-refractivity contribution in [2.75, 3.05) is 13.1 Å². The molecular formula is C14H17ClFNO2. The van der Waals surface area contributed by atoms with Crippen LogP contribution in [-0.4, -0.2) is 29.1 Å². The van der Waals surface area contributed by atoms with Crippen LogP contribution in [0.3, 0.4) is 0 Å². The first-order valence-corrected chi connectivity index (χ1v) is 6.81. The molecule has 1 saturated heterocycles. The molecule has 1 unspecified atom stereocenters. The van der Waals surface area contributed by atoms with Crippen LogP contribution in [0, 0.1) is 11.7 Å². The fourth-order valence-electron chi connectivity index (χ4n) is 2.62. The van der Waals surface area contributed by atoms with Crippen LogP contribution in [0.25, 0.3) is 0 Å². The van der Waals surface area contributed by atoms with E-state index in [1.165, 1.54) is 6.07 Å². The molecule has 2 rings (SSSR count). The van der Waals surface area contributed by atoms with Gasteiger partial charge in [-0.15, -0.1) is 0 Å². The van der Waals surface area contributed by atoms with Gasteiger partial charge in [0.25, 0.3) is 0 Å². The molecule has 104 valence electrons.